The number of hydrogen-bond acceptors (Lipinski definition) is 3. The van der Waals surface area contributed by atoms with Crippen molar-refractivity contribution in [3.63, 3.8) is 0 Å². The number of amides is 3. The molecule has 2 N–H and O–H groups in total. The maximum Gasteiger partial charge on any atom is 0.253 e. The van der Waals surface area contributed by atoms with Gasteiger partial charge in [-0.3, -0.25) is 14.4 Å². The summed E-state index contributed by atoms with van der Waals surface area (Å²) in [5.41, 5.74) is 1.03. The predicted octanol–water partition coefficient (Wildman–Crippen LogP) is 3.54. The van der Waals surface area contributed by atoms with Crippen LogP contribution in [0.3, 0.4) is 0 Å². The summed E-state index contributed by atoms with van der Waals surface area (Å²) < 4.78 is 13.2. The summed E-state index contributed by atoms with van der Waals surface area (Å²) in [6, 6.07) is 14.3. The molecule has 1 heterocycles. The zero-order valence-electron chi connectivity index (χ0n) is 18.6. The van der Waals surface area contributed by atoms with E-state index in [-0.39, 0.29) is 41.5 Å². The smallest absolute Gasteiger partial charge is 0.253 e. The Kier molecular flexibility index (Phi) is 7.37. The van der Waals surface area contributed by atoms with Crippen molar-refractivity contribution in [1.29, 1.82) is 0 Å². The minimum atomic E-state index is -0.385. The first kappa shape index (κ1) is 23.0. The van der Waals surface area contributed by atoms with Crippen LogP contribution in [-0.2, 0) is 4.79 Å². The molecule has 1 unspecified atom stereocenters. The van der Waals surface area contributed by atoms with Crippen molar-refractivity contribution in [3.8, 4) is 0 Å². The molecule has 3 atom stereocenters. The fourth-order valence-corrected chi connectivity index (χ4v) is 4.77. The molecule has 2 aliphatic rings. The van der Waals surface area contributed by atoms with E-state index in [1.165, 1.54) is 24.3 Å². The molecule has 1 saturated heterocycles. The number of halogens is 1. The summed E-state index contributed by atoms with van der Waals surface area (Å²) in [6.45, 7) is 0.926. The molecule has 3 amide bonds. The first-order valence-corrected chi connectivity index (χ1v) is 11.7. The zero-order chi connectivity index (χ0) is 23.2. The lowest BCUT2D eigenvalue weighted by atomic mass is 9.88. The lowest BCUT2D eigenvalue weighted by Gasteiger charge is -2.36. The largest absolute Gasteiger partial charge is 0.351 e. The normalized spacial score (nSPS) is 22.9. The number of benzene rings is 2. The molecule has 2 fully saturated rings. The van der Waals surface area contributed by atoms with E-state index >= 15 is 0 Å². The fourth-order valence-electron chi connectivity index (χ4n) is 4.77. The molecule has 1 saturated carbocycles. The maximum atomic E-state index is 13.2. The van der Waals surface area contributed by atoms with Crippen molar-refractivity contribution < 1.29 is 18.8 Å². The summed E-state index contributed by atoms with van der Waals surface area (Å²) in [5.74, 6) is -1.06. The Hall–Kier alpha value is -3.22. The quantitative estimate of drug-likeness (QED) is 0.730. The Morgan fingerprint density at radius 3 is 2.15 bits per heavy atom. The molecular formula is C26H30FN3O3. The topological polar surface area (TPSA) is 78.5 Å². The number of likely N-dealkylation sites (tertiary alicyclic amines) is 1. The van der Waals surface area contributed by atoms with Gasteiger partial charge in [-0.1, -0.05) is 31.0 Å². The highest BCUT2D eigenvalue weighted by molar-refractivity contribution is 5.95. The lowest BCUT2D eigenvalue weighted by molar-refractivity contribution is -0.127. The number of hydrogen-bond donors (Lipinski definition) is 2. The average Bonchev–Trinajstić information content (AvgIpc) is 2.86. The second-order valence-electron chi connectivity index (χ2n) is 8.94. The highest BCUT2D eigenvalue weighted by Gasteiger charge is 2.33. The van der Waals surface area contributed by atoms with Crippen molar-refractivity contribution in [2.75, 3.05) is 13.1 Å². The predicted molar refractivity (Wildman–Crippen MR) is 123 cm³/mol. The van der Waals surface area contributed by atoms with E-state index in [0.717, 1.165) is 32.1 Å². The van der Waals surface area contributed by atoms with E-state index < -0.39 is 0 Å². The van der Waals surface area contributed by atoms with Crippen LogP contribution in [0, 0.1) is 11.7 Å². The summed E-state index contributed by atoms with van der Waals surface area (Å²) in [6.07, 6.45) is 5.11. The third-order valence-electron chi connectivity index (χ3n) is 6.62. The van der Waals surface area contributed by atoms with Gasteiger partial charge in [0.15, 0.2) is 0 Å². The molecule has 4 rings (SSSR count). The first-order chi connectivity index (χ1) is 16.0. The fraction of sp³-hybridized carbons (Fsp3) is 0.423. The Balaban J connectivity index is 1.36. The van der Waals surface area contributed by atoms with Crippen molar-refractivity contribution in [2.45, 2.75) is 50.6 Å². The number of piperidine rings is 1. The summed E-state index contributed by atoms with van der Waals surface area (Å²) in [4.78, 5) is 40.2. The van der Waals surface area contributed by atoms with Crippen LogP contribution in [0.1, 0.15) is 59.2 Å². The van der Waals surface area contributed by atoms with Crippen LogP contribution in [-0.4, -0.2) is 47.8 Å². The molecule has 0 radical (unpaired) electrons. The maximum absolute atomic E-state index is 13.2. The second-order valence-corrected chi connectivity index (χ2v) is 8.94. The van der Waals surface area contributed by atoms with Crippen LogP contribution >= 0.6 is 0 Å². The van der Waals surface area contributed by atoms with Crippen LogP contribution < -0.4 is 10.6 Å². The third-order valence-corrected chi connectivity index (χ3v) is 6.62. The SMILES string of the molecule is O=C(N[C@@H]1CCCC[C@H]1NC(=O)C1CCCN(C(=O)c2ccc(F)cc2)C1)c1ccccc1. The van der Waals surface area contributed by atoms with E-state index in [1.807, 2.05) is 18.2 Å². The van der Waals surface area contributed by atoms with E-state index in [2.05, 4.69) is 10.6 Å². The minimum Gasteiger partial charge on any atom is -0.351 e. The van der Waals surface area contributed by atoms with Crippen LogP contribution in [0.4, 0.5) is 4.39 Å². The number of carbonyl (C=O) groups is 3. The van der Waals surface area contributed by atoms with Crippen LogP contribution in [0.15, 0.2) is 54.6 Å². The van der Waals surface area contributed by atoms with Gasteiger partial charge in [-0.2, -0.15) is 0 Å². The number of rotatable bonds is 5. The lowest BCUT2D eigenvalue weighted by Crippen LogP contribution is -2.55. The van der Waals surface area contributed by atoms with Gasteiger partial charge in [0, 0.05) is 36.3 Å². The molecule has 6 nitrogen and oxygen atoms in total. The molecule has 7 heteroatoms. The molecular weight excluding hydrogens is 421 g/mol. The van der Waals surface area contributed by atoms with E-state index in [0.29, 0.717) is 30.6 Å². The molecule has 0 aromatic heterocycles. The summed E-state index contributed by atoms with van der Waals surface area (Å²) >= 11 is 0. The number of nitrogens with zero attached hydrogens (tertiary/aromatic N) is 1. The monoisotopic (exact) mass is 451 g/mol. The Morgan fingerprint density at radius 2 is 1.45 bits per heavy atom. The van der Waals surface area contributed by atoms with Gasteiger partial charge in [0.05, 0.1) is 5.92 Å². The van der Waals surface area contributed by atoms with Gasteiger partial charge in [0.2, 0.25) is 5.91 Å². The molecule has 0 bridgehead atoms. The standard InChI is InChI=1S/C26H30FN3O3/c27-21-14-12-19(13-15-21)26(33)30-16-6-9-20(17-30)25(32)29-23-11-5-4-10-22(23)28-24(31)18-7-2-1-3-8-18/h1-3,7-8,12-15,20,22-23H,4-6,9-11,16-17H2,(H,28,31)(H,29,32)/t20?,22-,23-/m1/s1. The summed E-state index contributed by atoms with van der Waals surface area (Å²) in [7, 11) is 0. The van der Waals surface area contributed by atoms with Gasteiger partial charge in [-0.25, -0.2) is 4.39 Å². The Morgan fingerprint density at radius 1 is 0.788 bits per heavy atom. The van der Waals surface area contributed by atoms with Gasteiger partial charge >= 0.3 is 0 Å². The van der Waals surface area contributed by atoms with Crippen LogP contribution in [0.25, 0.3) is 0 Å². The van der Waals surface area contributed by atoms with E-state index in [4.69, 9.17) is 0 Å². The van der Waals surface area contributed by atoms with Gasteiger partial charge in [0.25, 0.3) is 11.8 Å². The number of carbonyl (C=O) groups excluding carboxylic acids is 3. The first-order valence-electron chi connectivity index (χ1n) is 11.7. The highest BCUT2D eigenvalue weighted by atomic mass is 19.1. The average molecular weight is 452 g/mol. The van der Waals surface area contributed by atoms with Gasteiger partial charge < -0.3 is 15.5 Å². The van der Waals surface area contributed by atoms with E-state index in [9.17, 15) is 18.8 Å². The zero-order valence-corrected chi connectivity index (χ0v) is 18.6. The van der Waals surface area contributed by atoms with Crippen molar-refractivity contribution >= 4 is 17.7 Å². The van der Waals surface area contributed by atoms with Gasteiger partial charge in [0.1, 0.15) is 5.82 Å². The Labute approximate surface area is 193 Å². The molecule has 1 aliphatic heterocycles. The summed E-state index contributed by atoms with van der Waals surface area (Å²) in [5, 5.41) is 6.26. The third kappa shape index (κ3) is 5.78. The van der Waals surface area contributed by atoms with E-state index in [1.54, 1.807) is 17.0 Å². The van der Waals surface area contributed by atoms with Gasteiger partial charge in [-0.15, -0.1) is 0 Å². The highest BCUT2D eigenvalue weighted by Crippen LogP contribution is 2.23. The van der Waals surface area contributed by atoms with Crippen LogP contribution in [0.2, 0.25) is 0 Å². The molecule has 2 aromatic carbocycles. The molecule has 0 spiro atoms. The van der Waals surface area contributed by atoms with Crippen LogP contribution in [0.5, 0.6) is 0 Å². The molecule has 2 aromatic rings. The van der Waals surface area contributed by atoms with Crippen molar-refractivity contribution in [3.05, 3.63) is 71.5 Å². The van der Waals surface area contributed by atoms with Gasteiger partial charge in [-0.05, 0) is 62.1 Å². The Bertz CT molecular complexity index is 980. The van der Waals surface area contributed by atoms with Crippen molar-refractivity contribution in [2.24, 2.45) is 5.92 Å². The second kappa shape index (κ2) is 10.6. The number of nitrogens with one attached hydrogen (secondary N) is 2. The molecule has 33 heavy (non-hydrogen) atoms. The van der Waals surface area contributed by atoms with Crippen molar-refractivity contribution in [1.82, 2.24) is 15.5 Å². The minimum absolute atomic E-state index is 0.0718. The molecule has 1 aliphatic carbocycles. The molecule has 174 valence electrons.